The Morgan fingerprint density at radius 2 is 2.26 bits per heavy atom. The number of hydrogen-bond donors (Lipinski definition) is 2. The summed E-state index contributed by atoms with van der Waals surface area (Å²) in [4.78, 5) is 13.9. The third kappa shape index (κ3) is 1.74. The first kappa shape index (κ1) is 11.3. The second-order valence-corrected chi connectivity index (χ2v) is 3.97. The summed E-state index contributed by atoms with van der Waals surface area (Å²) in [6.45, 7) is 0. The molecule has 0 unspecified atom stereocenters. The van der Waals surface area contributed by atoms with Gasteiger partial charge in [-0.15, -0.1) is 0 Å². The Morgan fingerprint density at radius 3 is 2.95 bits per heavy atom. The Kier molecular flexibility index (Phi) is 2.49. The van der Waals surface area contributed by atoms with Gasteiger partial charge in [-0.05, 0) is 18.2 Å². The van der Waals surface area contributed by atoms with Gasteiger partial charge in [0.05, 0.1) is 7.11 Å². The van der Waals surface area contributed by atoms with E-state index >= 15 is 0 Å². The van der Waals surface area contributed by atoms with Crippen LogP contribution < -0.4 is 4.74 Å². The lowest BCUT2D eigenvalue weighted by atomic mass is 10.1. The van der Waals surface area contributed by atoms with Crippen LogP contribution in [0.2, 0.25) is 0 Å². The summed E-state index contributed by atoms with van der Waals surface area (Å²) < 4.78 is 10.2. The van der Waals surface area contributed by atoms with E-state index in [1.165, 1.54) is 6.07 Å². The fraction of sp³-hybridized carbons (Fsp3) is 0.0769. The van der Waals surface area contributed by atoms with E-state index < -0.39 is 5.97 Å². The molecule has 2 aromatic heterocycles. The minimum atomic E-state index is -1.15. The Labute approximate surface area is 107 Å². The van der Waals surface area contributed by atoms with Crippen LogP contribution in [0.5, 0.6) is 5.75 Å². The molecule has 0 saturated carbocycles. The van der Waals surface area contributed by atoms with Crippen molar-refractivity contribution in [2.24, 2.45) is 0 Å². The molecule has 0 saturated heterocycles. The molecular weight excluding hydrogens is 248 g/mol. The maximum atomic E-state index is 10.8. The monoisotopic (exact) mass is 258 g/mol. The molecule has 2 N–H and O–H groups in total. The molecule has 96 valence electrons. The molecule has 0 atom stereocenters. The third-order valence-corrected chi connectivity index (χ3v) is 2.89. The number of carboxylic acid groups (broad SMARTS) is 1. The number of H-pyrrole nitrogens is 1. The number of carbonyl (C=O) groups is 1. The number of hydrogen-bond acceptors (Lipinski definition) is 4. The normalized spacial score (nSPS) is 10.8. The van der Waals surface area contributed by atoms with Gasteiger partial charge in [-0.3, -0.25) is 0 Å². The molecule has 0 aliphatic rings. The zero-order valence-electron chi connectivity index (χ0n) is 10.0. The molecule has 6 heteroatoms. The fourth-order valence-electron chi connectivity index (χ4n) is 2.03. The van der Waals surface area contributed by atoms with E-state index in [1.807, 2.05) is 18.3 Å². The highest BCUT2D eigenvalue weighted by molar-refractivity contribution is 5.93. The standard InChI is InChI=1S/C13H10N2O4/c1-18-12-7(2-3-9-8(12)4-5-14-9)10-6-11(13(16)17)19-15-10/h2-6,14H,1H3,(H,16,17). The minimum Gasteiger partial charge on any atom is -0.495 e. The van der Waals surface area contributed by atoms with Crippen molar-refractivity contribution in [3.05, 3.63) is 36.2 Å². The number of nitrogens with one attached hydrogen (secondary N) is 1. The number of ether oxygens (including phenoxy) is 1. The summed E-state index contributed by atoms with van der Waals surface area (Å²) in [5.41, 5.74) is 2.05. The van der Waals surface area contributed by atoms with Crippen LogP contribution >= 0.6 is 0 Å². The summed E-state index contributed by atoms with van der Waals surface area (Å²) in [6.07, 6.45) is 1.81. The third-order valence-electron chi connectivity index (χ3n) is 2.89. The fourth-order valence-corrected chi connectivity index (χ4v) is 2.03. The summed E-state index contributed by atoms with van der Waals surface area (Å²) in [6, 6.07) is 6.94. The number of aromatic nitrogens is 2. The lowest BCUT2D eigenvalue weighted by Crippen LogP contribution is -1.92. The number of aromatic amines is 1. The van der Waals surface area contributed by atoms with Crippen molar-refractivity contribution in [1.29, 1.82) is 0 Å². The van der Waals surface area contributed by atoms with Gasteiger partial charge in [-0.1, -0.05) is 5.16 Å². The van der Waals surface area contributed by atoms with E-state index in [4.69, 9.17) is 14.4 Å². The van der Waals surface area contributed by atoms with Gasteiger partial charge in [0, 0.05) is 28.7 Å². The van der Waals surface area contributed by atoms with Crippen molar-refractivity contribution in [2.45, 2.75) is 0 Å². The van der Waals surface area contributed by atoms with Crippen LogP contribution in [0.3, 0.4) is 0 Å². The lowest BCUT2D eigenvalue weighted by molar-refractivity contribution is 0.0652. The number of aromatic carboxylic acids is 1. The highest BCUT2D eigenvalue weighted by Crippen LogP contribution is 2.35. The van der Waals surface area contributed by atoms with Crippen molar-refractivity contribution >= 4 is 16.9 Å². The van der Waals surface area contributed by atoms with Crippen LogP contribution in [0.1, 0.15) is 10.6 Å². The Balaban J connectivity index is 2.20. The number of methoxy groups -OCH3 is 1. The highest BCUT2D eigenvalue weighted by Gasteiger charge is 2.17. The predicted molar refractivity (Wildman–Crippen MR) is 67.3 cm³/mol. The molecule has 1 aromatic carbocycles. The van der Waals surface area contributed by atoms with Crippen molar-refractivity contribution in [3.8, 4) is 17.0 Å². The van der Waals surface area contributed by atoms with Crippen LogP contribution in [0.4, 0.5) is 0 Å². The second kappa shape index (κ2) is 4.16. The van der Waals surface area contributed by atoms with Gasteiger partial charge < -0.3 is 19.4 Å². The topological polar surface area (TPSA) is 88.3 Å². The van der Waals surface area contributed by atoms with E-state index in [0.29, 0.717) is 17.0 Å². The predicted octanol–water partition coefficient (Wildman–Crippen LogP) is 2.53. The number of benzene rings is 1. The van der Waals surface area contributed by atoms with E-state index in [9.17, 15) is 4.79 Å². The van der Waals surface area contributed by atoms with E-state index in [1.54, 1.807) is 13.2 Å². The summed E-state index contributed by atoms with van der Waals surface area (Å²) in [5.74, 6) is -0.726. The van der Waals surface area contributed by atoms with Gasteiger partial charge >= 0.3 is 5.97 Å². The van der Waals surface area contributed by atoms with Crippen molar-refractivity contribution < 1.29 is 19.2 Å². The first-order chi connectivity index (χ1) is 9.20. The maximum absolute atomic E-state index is 10.8. The van der Waals surface area contributed by atoms with Gasteiger partial charge in [0.1, 0.15) is 11.4 Å². The van der Waals surface area contributed by atoms with Gasteiger partial charge in [-0.2, -0.15) is 0 Å². The van der Waals surface area contributed by atoms with E-state index in [0.717, 1.165) is 10.9 Å². The summed E-state index contributed by atoms with van der Waals surface area (Å²) in [7, 11) is 1.56. The molecule has 0 radical (unpaired) electrons. The number of rotatable bonds is 3. The Hall–Kier alpha value is -2.76. The van der Waals surface area contributed by atoms with Crippen LogP contribution in [0, 0.1) is 0 Å². The van der Waals surface area contributed by atoms with Crippen molar-refractivity contribution in [2.75, 3.05) is 7.11 Å². The number of nitrogens with zero attached hydrogens (tertiary/aromatic N) is 1. The molecule has 6 nitrogen and oxygen atoms in total. The van der Waals surface area contributed by atoms with Crippen LogP contribution in [0.15, 0.2) is 35.0 Å². The van der Waals surface area contributed by atoms with Crippen molar-refractivity contribution in [1.82, 2.24) is 10.1 Å². The molecule has 0 aliphatic carbocycles. The second-order valence-electron chi connectivity index (χ2n) is 3.97. The van der Waals surface area contributed by atoms with Gasteiger partial charge in [0.25, 0.3) is 0 Å². The average molecular weight is 258 g/mol. The SMILES string of the molecule is COc1c(-c2cc(C(=O)O)on2)ccc2[nH]ccc12. The van der Waals surface area contributed by atoms with Crippen molar-refractivity contribution in [3.63, 3.8) is 0 Å². The summed E-state index contributed by atoms with van der Waals surface area (Å²) in [5, 5.41) is 13.5. The molecule has 0 bridgehead atoms. The smallest absolute Gasteiger partial charge is 0.374 e. The number of fused-ring (bicyclic) bond motifs is 1. The van der Waals surface area contributed by atoms with Crippen LogP contribution in [0.25, 0.3) is 22.2 Å². The average Bonchev–Trinajstić information content (AvgIpc) is 3.05. The highest BCUT2D eigenvalue weighted by atomic mass is 16.5. The van der Waals surface area contributed by atoms with Gasteiger partial charge in [-0.25, -0.2) is 4.79 Å². The van der Waals surface area contributed by atoms with E-state index in [-0.39, 0.29) is 5.76 Å². The largest absolute Gasteiger partial charge is 0.495 e. The zero-order valence-corrected chi connectivity index (χ0v) is 10.0. The first-order valence-corrected chi connectivity index (χ1v) is 5.55. The molecular formula is C13H10N2O4. The zero-order chi connectivity index (χ0) is 13.4. The van der Waals surface area contributed by atoms with Crippen LogP contribution in [-0.4, -0.2) is 28.3 Å². The molecule has 3 aromatic rings. The number of carboxylic acids is 1. The Morgan fingerprint density at radius 1 is 1.42 bits per heavy atom. The molecule has 0 fully saturated rings. The Bertz CT molecular complexity index is 757. The molecule has 0 amide bonds. The van der Waals surface area contributed by atoms with Gasteiger partial charge in [0.2, 0.25) is 5.76 Å². The molecule has 0 aliphatic heterocycles. The maximum Gasteiger partial charge on any atom is 0.374 e. The molecule has 0 spiro atoms. The van der Waals surface area contributed by atoms with Gasteiger partial charge in [0.15, 0.2) is 0 Å². The summed E-state index contributed by atoms with van der Waals surface area (Å²) >= 11 is 0. The lowest BCUT2D eigenvalue weighted by Gasteiger charge is -2.06. The van der Waals surface area contributed by atoms with Crippen LogP contribution in [-0.2, 0) is 0 Å². The molecule has 19 heavy (non-hydrogen) atoms. The first-order valence-electron chi connectivity index (χ1n) is 5.55. The molecule has 3 rings (SSSR count). The minimum absolute atomic E-state index is 0.203. The quantitative estimate of drug-likeness (QED) is 0.753. The molecule has 2 heterocycles. The van der Waals surface area contributed by atoms with E-state index in [2.05, 4.69) is 10.1 Å².